The second kappa shape index (κ2) is 5.68. The highest BCUT2D eigenvalue weighted by atomic mass is 19.1. The fourth-order valence-electron chi connectivity index (χ4n) is 1.61. The number of halogens is 1. The van der Waals surface area contributed by atoms with E-state index in [0.29, 0.717) is 25.0 Å². The monoisotopic (exact) mass is 227 g/mol. The molecule has 90 valence electrons. The molecule has 0 aromatic carbocycles. The maximum Gasteiger partial charge on any atom is 0.265 e. The number of morpholine rings is 1. The zero-order valence-corrected chi connectivity index (χ0v) is 9.97. The van der Waals surface area contributed by atoms with Crippen molar-refractivity contribution in [3.8, 4) is 0 Å². The van der Waals surface area contributed by atoms with Crippen LogP contribution in [0.4, 0.5) is 4.39 Å². The van der Waals surface area contributed by atoms with Gasteiger partial charge < -0.3 is 10.1 Å². The summed E-state index contributed by atoms with van der Waals surface area (Å²) < 4.78 is 18.6. The Labute approximate surface area is 95.4 Å². The van der Waals surface area contributed by atoms with E-state index >= 15 is 0 Å². The van der Waals surface area contributed by atoms with E-state index < -0.39 is 6.10 Å². The van der Waals surface area contributed by atoms with Gasteiger partial charge in [0.2, 0.25) is 0 Å². The van der Waals surface area contributed by atoms with Crippen LogP contribution >= 0.6 is 0 Å². The average Bonchev–Trinajstić information content (AvgIpc) is 2.32. The van der Waals surface area contributed by atoms with Crippen molar-refractivity contribution in [2.24, 2.45) is 0 Å². The van der Waals surface area contributed by atoms with Crippen molar-refractivity contribution in [3.05, 3.63) is 23.4 Å². The first kappa shape index (κ1) is 12.7. The van der Waals surface area contributed by atoms with E-state index in [-0.39, 0.29) is 17.4 Å². The second-order valence-electron chi connectivity index (χ2n) is 3.39. The Bertz CT molecular complexity index is 334. The van der Waals surface area contributed by atoms with Crippen LogP contribution in [-0.4, -0.2) is 12.0 Å². The molecule has 1 amide bonds. The minimum atomic E-state index is -0.476. The van der Waals surface area contributed by atoms with E-state index in [2.05, 4.69) is 5.32 Å². The van der Waals surface area contributed by atoms with Crippen molar-refractivity contribution < 1.29 is 13.9 Å². The number of carbonyl (C=O) groups excluding carboxylic acids is 1. The lowest BCUT2D eigenvalue weighted by Crippen LogP contribution is -2.42. The fraction of sp³-hybridized carbons (Fsp3) is 0.583. The van der Waals surface area contributed by atoms with Gasteiger partial charge in [0.15, 0.2) is 6.10 Å². The predicted molar refractivity (Wildman–Crippen MR) is 60.1 cm³/mol. The fourth-order valence-corrected chi connectivity index (χ4v) is 1.61. The first-order chi connectivity index (χ1) is 7.72. The molecule has 1 fully saturated rings. The molecule has 2 rings (SSSR count). The maximum absolute atomic E-state index is 13.3. The predicted octanol–water partition coefficient (Wildman–Crippen LogP) is 2.80. The van der Waals surface area contributed by atoms with Crippen LogP contribution in [0.2, 0.25) is 0 Å². The number of hydrogen-bond acceptors (Lipinski definition) is 2. The minimum Gasteiger partial charge on any atom is -0.479 e. The zero-order valence-electron chi connectivity index (χ0n) is 9.97. The molecule has 1 aliphatic heterocycles. The molecular weight excluding hydrogens is 209 g/mol. The number of nitrogens with one attached hydrogen (secondary N) is 1. The van der Waals surface area contributed by atoms with Crippen molar-refractivity contribution in [3.63, 3.8) is 0 Å². The van der Waals surface area contributed by atoms with Crippen molar-refractivity contribution >= 4 is 5.91 Å². The zero-order chi connectivity index (χ0) is 12.1. The Morgan fingerprint density at radius 2 is 2.25 bits per heavy atom. The smallest absolute Gasteiger partial charge is 0.265 e. The first-order valence-corrected chi connectivity index (χ1v) is 5.79. The van der Waals surface area contributed by atoms with Crippen LogP contribution in [0.25, 0.3) is 0 Å². The number of carbonyl (C=O) groups is 1. The third-order valence-corrected chi connectivity index (χ3v) is 2.39. The molecule has 1 heterocycles. The van der Waals surface area contributed by atoms with Gasteiger partial charge in [-0.3, -0.25) is 4.79 Å². The molecule has 0 radical (unpaired) electrons. The van der Waals surface area contributed by atoms with Gasteiger partial charge >= 0.3 is 0 Å². The molecule has 0 aromatic heterocycles. The molecule has 3 nitrogen and oxygen atoms in total. The molecule has 2 aliphatic rings. The van der Waals surface area contributed by atoms with E-state index in [1.54, 1.807) is 0 Å². The second-order valence-corrected chi connectivity index (χ2v) is 3.39. The third-order valence-electron chi connectivity index (χ3n) is 2.39. The molecule has 4 heteroatoms. The summed E-state index contributed by atoms with van der Waals surface area (Å²) >= 11 is 0. The molecule has 0 aromatic rings. The highest BCUT2D eigenvalue weighted by Crippen LogP contribution is 2.29. The van der Waals surface area contributed by atoms with E-state index in [0.717, 1.165) is 0 Å². The standard InChI is InChI=1S/C10H12FNO2.C2H6/c1-2-7-10(13)12-9-6(11)4-3-5-8(9)14-7;1-2/h5,7H,2-4H2,1H3,(H,12,13);1-2H3. The van der Waals surface area contributed by atoms with Gasteiger partial charge in [-0.25, -0.2) is 4.39 Å². The Morgan fingerprint density at radius 3 is 2.88 bits per heavy atom. The molecule has 0 spiro atoms. The van der Waals surface area contributed by atoms with E-state index in [4.69, 9.17) is 4.74 Å². The van der Waals surface area contributed by atoms with Crippen LogP contribution in [0.1, 0.15) is 40.0 Å². The Hall–Kier alpha value is -1.32. The van der Waals surface area contributed by atoms with Crippen molar-refractivity contribution in [2.45, 2.75) is 46.1 Å². The van der Waals surface area contributed by atoms with Crippen molar-refractivity contribution in [1.82, 2.24) is 5.32 Å². The normalized spacial score (nSPS) is 23.4. The van der Waals surface area contributed by atoms with Gasteiger partial charge in [0.25, 0.3) is 5.91 Å². The van der Waals surface area contributed by atoms with Gasteiger partial charge in [-0.2, -0.15) is 0 Å². The number of hydrogen-bond donors (Lipinski definition) is 1. The third kappa shape index (κ3) is 2.43. The van der Waals surface area contributed by atoms with Gasteiger partial charge in [0.05, 0.1) is 0 Å². The van der Waals surface area contributed by atoms with Gasteiger partial charge in [-0.05, 0) is 18.9 Å². The summed E-state index contributed by atoms with van der Waals surface area (Å²) in [7, 11) is 0. The summed E-state index contributed by atoms with van der Waals surface area (Å²) in [4.78, 5) is 11.4. The minimum absolute atomic E-state index is 0.228. The topological polar surface area (TPSA) is 38.3 Å². The van der Waals surface area contributed by atoms with Gasteiger partial charge in [-0.15, -0.1) is 0 Å². The van der Waals surface area contributed by atoms with E-state index in [9.17, 15) is 9.18 Å². The lowest BCUT2D eigenvalue weighted by Gasteiger charge is -2.29. The van der Waals surface area contributed by atoms with Crippen LogP contribution in [0.3, 0.4) is 0 Å². The lowest BCUT2D eigenvalue weighted by atomic mass is 10.1. The van der Waals surface area contributed by atoms with Crippen LogP contribution in [0.15, 0.2) is 23.4 Å². The molecule has 1 saturated heterocycles. The van der Waals surface area contributed by atoms with Crippen LogP contribution in [0, 0.1) is 0 Å². The number of amides is 1. The summed E-state index contributed by atoms with van der Waals surface area (Å²) in [6.07, 6.45) is 2.92. The maximum atomic E-state index is 13.3. The van der Waals surface area contributed by atoms with Gasteiger partial charge in [-0.1, -0.05) is 20.8 Å². The molecule has 1 aliphatic carbocycles. The summed E-state index contributed by atoms with van der Waals surface area (Å²) in [5.41, 5.74) is 0.228. The summed E-state index contributed by atoms with van der Waals surface area (Å²) in [6.45, 7) is 5.86. The Kier molecular flexibility index (Phi) is 4.52. The molecule has 1 atom stereocenters. The number of allylic oxidation sites excluding steroid dienone is 2. The van der Waals surface area contributed by atoms with Crippen molar-refractivity contribution in [2.75, 3.05) is 0 Å². The summed E-state index contributed by atoms with van der Waals surface area (Å²) in [5.74, 6) is -0.0534. The first-order valence-electron chi connectivity index (χ1n) is 5.79. The number of rotatable bonds is 1. The van der Waals surface area contributed by atoms with Crippen LogP contribution in [0.5, 0.6) is 0 Å². The molecule has 1 unspecified atom stereocenters. The Morgan fingerprint density at radius 1 is 1.56 bits per heavy atom. The van der Waals surface area contributed by atoms with Crippen LogP contribution in [-0.2, 0) is 9.53 Å². The summed E-state index contributed by atoms with van der Waals surface area (Å²) in [5, 5.41) is 2.54. The molecular formula is C12H18FNO2. The Balaban J connectivity index is 0.000000606. The largest absolute Gasteiger partial charge is 0.479 e. The molecule has 16 heavy (non-hydrogen) atoms. The van der Waals surface area contributed by atoms with Gasteiger partial charge in [0.1, 0.15) is 17.3 Å². The van der Waals surface area contributed by atoms with Crippen molar-refractivity contribution in [1.29, 1.82) is 0 Å². The number of fused-ring (bicyclic) bond motifs is 1. The van der Waals surface area contributed by atoms with E-state index in [1.165, 1.54) is 0 Å². The quantitative estimate of drug-likeness (QED) is 0.748. The average molecular weight is 227 g/mol. The van der Waals surface area contributed by atoms with Gasteiger partial charge in [0, 0.05) is 6.42 Å². The van der Waals surface area contributed by atoms with Crippen LogP contribution < -0.4 is 5.32 Å². The SMILES string of the molecule is CC.CCC1OC2=CCCC(F)=C2NC1=O. The highest BCUT2D eigenvalue weighted by Gasteiger charge is 2.31. The molecule has 1 N–H and O–H groups in total. The molecule has 0 bridgehead atoms. The number of ether oxygens (including phenoxy) is 1. The summed E-state index contributed by atoms with van der Waals surface area (Å²) in [6, 6.07) is 0. The van der Waals surface area contributed by atoms with E-state index in [1.807, 2.05) is 26.8 Å². The highest BCUT2D eigenvalue weighted by molar-refractivity contribution is 5.84. The molecule has 0 saturated carbocycles. The lowest BCUT2D eigenvalue weighted by molar-refractivity contribution is -0.132.